The predicted octanol–water partition coefficient (Wildman–Crippen LogP) is 4.94. The molecule has 29 heavy (non-hydrogen) atoms. The molecule has 5 nitrogen and oxygen atoms in total. The number of nitrogens with zero attached hydrogens (tertiary/aromatic N) is 2. The Bertz CT molecular complexity index is 1150. The first kappa shape index (κ1) is 18.6. The van der Waals surface area contributed by atoms with E-state index in [1.54, 1.807) is 23.0 Å². The number of alkyl halides is 2. The topological polar surface area (TPSA) is 56.2 Å². The lowest BCUT2D eigenvalue weighted by atomic mass is 10.0. The van der Waals surface area contributed by atoms with Crippen LogP contribution in [0, 0.1) is 0 Å². The van der Waals surface area contributed by atoms with Gasteiger partial charge in [-0.05, 0) is 28.5 Å². The summed E-state index contributed by atoms with van der Waals surface area (Å²) in [5, 5.41) is 9.26. The van der Waals surface area contributed by atoms with E-state index in [2.05, 4.69) is 21.2 Å². The van der Waals surface area contributed by atoms with Crippen molar-refractivity contribution in [3.8, 4) is 5.75 Å². The van der Waals surface area contributed by atoms with Gasteiger partial charge in [0.25, 0.3) is 5.91 Å². The van der Waals surface area contributed by atoms with Gasteiger partial charge in [-0.15, -0.1) is 0 Å². The van der Waals surface area contributed by atoms with E-state index >= 15 is 0 Å². The Morgan fingerprint density at radius 3 is 2.62 bits per heavy atom. The van der Waals surface area contributed by atoms with Crippen LogP contribution in [0.1, 0.15) is 15.9 Å². The average molecular weight is 393 g/mol. The van der Waals surface area contributed by atoms with Crippen LogP contribution in [0.4, 0.5) is 14.6 Å². The van der Waals surface area contributed by atoms with Gasteiger partial charge in [0.15, 0.2) is 5.82 Å². The van der Waals surface area contributed by atoms with Crippen LogP contribution in [0.25, 0.3) is 10.8 Å². The minimum Gasteiger partial charge on any atom is -0.434 e. The fourth-order valence-electron chi connectivity index (χ4n) is 3.16. The van der Waals surface area contributed by atoms with Crippen LogP contribution in [-0.4, -0.2) is 22.3 Å². The van der Waals surface area contributed by atoms with E-state index in [1.165, 1.54) is 18.2 Å². The second kappa shape index (κ2) is 8.10. The molecular weight excluding hydrogens is 376 g/mol. The molecule has 0 spiro atoms. The molecule has 7 heteroatoms. The van der Waals surface area contributed by atoms with E-state index < -0.39 is 12.5 Å². The number of rotatable bonds is 6. The number of anilines is 1. The van der Waals surface area contributed by atoms with E-state index in [4.69, 9.17) is 0 Å². The number of halogens is 2. The van der Waals surface area contributed by atoms with E-state index in [0.717, 1.165) is 16.3 Å². The summed E-state index contributed by atoms with van der Waals surface area (Å²) in [6.07, 6.45) is 1.75. The minimum atomic E-state index is -3.01. The van der Waals surface area contributed by atoms with Gasteiger partial charge in [0.2, 0.25) is 0 Å². The molecule has 3 aromatic carbocycles. The summed E-state index contributed by atoms with van der Waals surface area (Å²) in [4.78, 5) is 12.5. The highest BCUT2D eigenvalue weighted by molar-refractivity contribution is 6.05. The number of aromatic nitrogens is 2. The van der Waals surface area contributed by atoms with Crippen molar-refractivity contribution >= 4 is 22.5 Å². The maximum atomic E-state index is 12.5. The van der Waals surface area contributed by atoms with Crippen molar-refractivity contribution in [1.82, 2.24) is 9.78 Å². The predicted molar refractivity (Wildman–Crippen MR) is 106 cm³/mol. The van der Waals surface area contributed by atoms with E-state index in [9.17, 15) is 13.6 Å². The van der Waals surface area contributed by atoms with Crippen molar-refractivity contribution in [2.24, 2.45) is 0 Å². The number of para-hydroxylation sites is 1. The Kier molecular flexibility index (Phi) is 5.20. The van der Waals surface area contributed by atoms with Crippen molar-refractivity contribution in [2.75, 3.05) is 5.32 Å². The highest BCUT2D eigenvalue weighted by Gasteiger charge is 2.16. The molecule has 0 aliphatic carbocycles. The van der Waals surface area contributed by atoms with Gasteiger partial charge in [-0.25, -0.2) is 0 Å². The normalized spacial score (nSPS) is 11.0. The molecule has 146 valence electrons. The molecule has 0 aliphatic rings. The fraction of sp³-hybridized carbons (Fsp3) is 0.0909. The number of benzene rings is 3. The number of nitrogens with one attached hydrogen (secondary N) is 1. The molecule has 1 amide bonds. The summed E-state index contributed by atoms with van der Waals surface area (Å²) in [5.74, 6) is -0.436. The van der Waals surface area contributed by atoms with Crippen LogP contribution in [0.2, 0.25) is 0 Å². The third-order valence-corrected chi connectivity index (χ3v) is 4.44. The summed E-state index contributed by atoms with van der Waals surface area (Å²) < 4.78 is 31.2. The van der Waals surface area contributed by atoms with Gasteiger partial charge >= 0.3 is 6.61 Å². The van der Waals surface area contributed by atoms with Crippen LogP contribution in [0.3, 0.4) is 0 Å². The smallest absolute Gasteiger partial charge is 0.387 e. The van der Waals surface area contributed by atoms with Crippen LogP contribution in [0.5, 0.6) is 5.75 Å². The minimum absolute atomic E-state index is 0.0106. The van der Waals surface area contributed by atoms with Crippen molar-refractivity contribution in [1.29, 1.82) is 0 Å². The number of ether oxygens (including phenoxy) is 1. The summed E-state index contributed by atoms with van der Waals surface area (Å²) >= 11 is 0. The van der Waals surface area contributed by atoms with Crippen LogP contribution in [0.15, 0.2) is 79.0 Å². The highest BCUT2D eigenvalue weighted by Crippen LogP contribution is 2.22. The van der Waals surface area contributed by atoms with Gasteiger partial charge in [-0.1, -0.05) is 54.6 Å². The third kappa shape index (κ3) is 4.24. The van der Waals surface area contributed by atoms with Crippen LogP contribution >= 0.6 is 0 Å². The lowest BCUT2D eigenvalue weighted by Gasteiger charge is -2.10. The van der Waals surface area contributed by atoms with Crippen molar-refractivity contribution in [3.05, 3.63) is 90.1 Å². The molecule has 0 aliphatic heterocycles. The Hall–Kier alpha value is -3.74. The van der Waals surface area contributed by atoms with E-state index in [-0.39, 0.29) is 11.3 Å². The zero-order chi connectivity index (χ0) is 20.2. The monoisotopic (exact) mass is 393 g/mol. The molecule has 0 unspecified atom stereocenters. The van der Waals surface area contributed by atoms with Crippen molar-refractivity contribution in [2.45, 2.75) is 13.2 Å². The molecule has 0 bridgehead atoms. The summed E-state index contributed by atoms with van der Waals surface area (Å²) in [6, 6.07) is 21.6. The first-order valence-electron chi connectivity index (χ1n) is 8.95. The number of carbonyl (C=O) groups excluding carboxylic acids is 1. The maximum Gasteiger partial charge on any atom is 0.387 e. The third-order valence-electron chi connectivity index (χ3n) is 4.44. The van der Waals surface area contributed by atoms with E-state index in [0.29, 0.717) is 12.4 Å². The molecule has 1 N–H and O–H groups in total. The molecular formula is C22H17F2N3O2. The Morgan fingerprint density at radius 2 is 1.76 bits per heavy atom. The number of fused-ring (bicyclic) bond motifs is 1. The lowest BCUT2D eigenvalue weighted by molar-refractivity contribution is -0.0501. The van der Waals surface area contributed by atoms with Gasteiger partial charge in [0.05, 0.1) is 12.1 Å². The van der Waals surface area contributed by atoms with Gasteiger partial charge in [0.1, 0.15) is 5.75 Å². The zero-order valence-corrected chi connectivity index (χ0v) is 15.3. The summed E-state index contributed by atoms with van der Waals surface area (Å²) in [5.41, 5.74) is 1.11. The van der Waals surface area contributed by atoms with E-state index in [1.807, 2.05) is 36.4 Å². The first-order valence-corrected chi connectivity index (χ1v) is 8.95. The Morgan fingerprint density at radius 1 is 1.00 bits per heavy atom. The standard InChI is InChI=1S/C22H17F2N3O2/c23-22(24)29-19-11-4-3-10-18(19)21(28)25-20-12-13-27(26-20)14-16-8-5-7-15-6-1-2-9-17(15)16/h1-13,22H,14H2,(H,25,26,28). The second-order valence-corrected chi connectivity index (χ2v) is 6.37. The van der Waals surface area contributed by atoms with Crippen molar-refractivity contribution in [3.63, 3.8) is 0 Å². The number of hydrogen-bond donors (Lipinski definition) is 1. The second-order valence-electron chi connectivity index (χ2n) is 6.37. The highest BCUT2D eigenvalue weighted by atomic mass is 19.3. The maximum absolute atomic E-state index is 12.5. The zero-order valence-electron chi connectivity index (χ0n) is 15.3. The number of hydrogen-bond acceptors (Lipinski definition) is 3. The molecule has 0 saturated carbocycles. The average Bonchev–Trinajstić information content (AvgIpc) is 3.15. The number of carbonyl (C=O) groups is 1. The molecule has 0 fully saturated rings. The summed E-state index contributed by atoms with van der Waals surface area (Å²) in [6.45, 7) is -2.48. The SMILES string of the molecule is O=C(Nc1ccn(Cc2cccc3ccccc23)n1)c1ccccc1OC(F)F. The van der Waals surface area contributed by atoms with Gasteiger partial charge in [-0.2, -0.15) is 13.9 Å². The lowest BCUT2D eigenvalue weighted by Crippen LogP contribution is -2.15. The molecule has 4 aromatic rings. The quantitative estimate of drug-likeness (QED) is 0.505. The largest absolute Gasteiger partial charge is 0.434 e. The first-order chi connectivity index (χ1) is 14.1. The van der Waals surface area contributed by atoms with Crippen LogP contribution in [-0.2, 0) is 6.54 Å². The number of amides is 1. The van der Waals surface area contributed by atoms with Gasteiger partial charge in [0, 0.05) is 12.3 Å². The Balaban J connectivity index is 1.51. The molecule has 4 rings (SSSR count). The molecule has 0 atom stereocenters. The molecule has 0 saturated heterocycles. The molecule has 1 aromatic heterocycles. The molecule has 1 heterocycles. The van der Waals surface area contributed by atoms with Crippen LogP contribution < -0.4 is 10.1 Å². The fourth-order valence-corrected chi connectivity index (χ4v) is 3.16. The van der Waals surface area contributed by atoms with Gasteiger partial charge < -0.3 is 10.1 Å². The van der Waals surface area contributed by atoms with Crippen molar-refractivity contribution < 1.29 is 18.3 Å². The Labute approximate surface area is 165 Å². The van der Waals surface area contributed by atoms with Gasteiger partial charge in [-0.3, -0.25) is 9.48 Å². The molecule has 0 radical (unpaired) electrons. The summed E-state index contributed by atoms with van der Waals surface area (Å²) in [7, 11) is 0.